The van der Waals surface area contributed by atoms with Gasteiger partial charge in [-0.2, -0.15) is 4.31 Å². The van der Waals surface area contributed by atoms with Gasteiger partial charge in [-0.05, 0) is 55.5 Å². The minimum atomic E-state index is -3.80. The second-order valence-corrected chi connectivity index (χ2v) is 11.4. The molecule has 0 amide bonds. The van der Waals surface area contributed by atoms with Crippen molar-refractivity contribution in [1.29, 1.82) is 0 Å². The van der Waals surface area contributed by atoms with E-state index >= 15 is 0 Å². The lowest BCUT2D eigenvalue weighted by Crippen LogP contribution is -2.41. The molecule has 0 bridgehead atoms. The molecule has 0 atom stereocenters. The zero-order valence-electron chi connectivity index (χ0n) is 15.7. The standard InChI is InChI=1S/C18H21Cl2N3O4S2/c1-13-9-18(17(20)10-16(13)19)28(24,25)22-11-14-4-7-23(8-5-14)29(26,27)15-3-2-6-21-12-15/h2-3,6,9-10,12,14,22H,4-5,7-8,11H2,1H3. The van der Waals surface area contributed by atoms with Crippen molar-refractivity contribution in [3.05, 3.63) is 52.3 Å². The lowest BCUT2D eigenvalue weighted by Gasteiger charge is -2.31. The lowest BCUT2D eigenvalue weighted by molar-refractivity contribution is 0.274. The number of sulfonamides is 2. The van der Waals surface area contributed by atoms with Gasteiger partial charge in [-0.15, -0.1) is 0 Å². The highest BCUT2D eigenvalue weighted by atomic mass is 35.5. The third-order valence-corrected chi connectivity index (χ3v) is 9.09. The summed E-state index contributed by atoms with van der Waals surface area (Å²) in [5.41, 5.74) is 0.616. The normalized spacial score (nSPS) is 16.8. The van der Waals surface area contributed by atoms with Crippen LogP contribution < -0.4 is 4.72 Å². The van der Waals surface area contributed by atoms with Gasteiger partial charge in [0.25, 0.3) is 0 Å². The highest BCUT2D eigenvalue weighted by Gasteiger charge is 2.30. The number of pyridine rings is 1. The van der Waals surface area contributed by atoms with Crippen molar-refractivity contribution in [3.8, 4) is 0 Å². The summed E-state index contributed by atoms with van der Waals surface area (Å²) in [5, 5.41) is 0.460. The molecule has 1 aliphatic rings. The zero-order chi connectivity index (χ0) is 21.2. The predicted octanol–water partition coefficient (Wildman–Crippen LogP) is 3.08. The third-order valence-electron chi connectivity index (χ3n) is 4.91. The van der Waals surface area contributed by atoms with E-state index in [2.05, 4.69) is 9.71 Å². The number of nitrogens with zero attached hydrogens (tertiary/aromatic N) is 2. The highest BCUT2D eigenvalue weighted by Crippen LogP contribution is 2.29. The van der Waals surface area contributed by atoms with Crippen molar-refractivity contribution < 1.29 is 16.8 Å². The van der Waals surface area contributed by atoms with Crippen LogP contribution in [0, 0.1) is 12.8 Å². The van der Waals surface area contributed by atoms with E-state index in [0.717, 1.165) is 0 Å². The predicted molar refractivity (Wildman–Crippen MR) is 112 cm³/mol. The quantitative estimate of drug-likeness (QED) is 0.689. The number of nitrogens with one attached hydrogen (secondary N) is 1. The van der Waals surface area contributed by atoms with E-state index in [1.165, 1.54) is 34.9 Å². The van der Waals surface area contributed by atoms with Crippen molar-refractivity contribution >= 4 is 43.2 Å². The van der Waals surface area contributed by atoms with Gasteiger partial charge < -0.3 is 0 Å². The van der Waals surface area contributed by atoms with Crippen LogP contribution in [0.1, 0.15) is 18.4 Å². The Bertz CT molecular complexity index is 1090. The molecule has 0 spiro atoms. The summed E-state index contributed by atoms with van der Waals surface area (Å²) in [6.07, 6.45) is 3.95. The second-order valence-electron chi connectivity index (χ2n) is 6.92. The van der Waals surface area contributed by atoms with Crippen molar-refractivity contribution in [3.63, 3.8) is 0 Å². The van der Waals surface area contributed by atoms with E-state index in [1.807, 2.05) is 0 Å². The van der Waals surface area contributed by atoms with Crippen LogP contribution in [0.25, 0.3) is 0 Å². The highest BCUT2D eigenvalue weighted by molar-refractivity contribution is 7.89. The number of hydrogen-bond acceptors (Lipinski definition) is 5. The summed E-state index contributed by atoms with van der Waals surface area (Å²) in [4.78, 5) is 4.01. The minimum absolute atomic E-state index is 0.0161. The molecule has 1 saturated heterocycles. The van der Waals surface area contributed by atoms with Gasteiger partial charge in [0.1, 0.15) is 9.79 Å². The van der Waals surface area contributed by atoms with Crippen LogP contribution in [-0.2, 0) is 20.0 Å². The van der Waals surface area contributed by atoms with Crippen LogP contribution in [0.5, 0.6) is 0 Å². The van der Waals surface area contributed by atoms with Crippen LogP contribution in [0.3, 0.4) is 0 Å². The monoisotopic (exact) mass is 477 g/mol. The Morgan fingerprint density at radius 1 is 1.14 bits per heavy atom. The van der Waals surface area contributed by atoms with Gasteiger partial charge in [0, 0.05) is 37.1 Å². The molecule has 1 N–H and O–H groups in total. The molecule has 29 heavy (non-hydrogen) atoms. The molecule has 1 aromatic heterocycles. The number of aromatic nitrogens is 1. The fourth-order valence-corrected chi connectivity index (χ4v) is 6.52. The van der Waals surface area contributed by atoms with E-state index < -0.39 is 20.0 Å². The summed E-state index contributed by atoms with van der Waals surface area (Å²) < 4.78 is 54.5. The van der Waals surface area contributed by atoms with E-state index in [1.54, 1.807) is 13.0 Å². The van der Waals surface area contributed by atoms with Gasteiger partial charge in [-0.25, -0.2) is 21.6 Å². The van der Waals surface area contributed by atoms with E-state index in [-0.39, 0.29) is 27.3 Å². The van der Waals surface area contributed by atoms with Crippen LogP contribution >= 0.6 is 23.2 Å². The number of hydrogen-bond donors (Lipinski definition) is 1. The summed E-state index contributed by atoms with van der Waals surface area (Å²) in [6, 6.07) is 5.95. The van der Waals surface area contributed by atoms with Crippen molar-refractivity contribution in [2.45, 2.75) is 29.6 Å². The van der Waals surface area contributed by atoms with Gasteiger partial charge in [-0.3, -0.25) is 4.98 Å². The third kappa shape index (κ3) is 5.10. The van der Waals surface area contributed by atoms with Gasteiger partial charge in [0.05, 0.1) is 5.02 Å². The van der Waals surface area contributed by atoms with Gasteiger partial charge in [-0.1, -0.05) is 23.2 Å². The Balaban J connectivity index is 1.61. The molecule has 7 nitrogen and oxygen atoms in total. The summed E-state index contributed by atoms with van der Waals surface area (Å²) in [7, 11) is -7.38. The van der Waals surface area contributed by atoms with E-state index in [4.69, 9.17) is 23.2 Å². The molecule has 0 unspecified atom stereocenters. The van der Waals surface area contributed by atoms with Gasteiger partial charge >= 0.3 is 0 Å². The Morgan fingerprint density at radius 2 is 1.83 bits per heavy atom. The first-order valence-corrected chi connectivity index (χ1v) is 12.6. The number of rotatable bonds is 6. The SMILES string of the molecule is Cc1cc(S(=O)(=O)NCC2CCN(S(=O)(=O)c3cccnc3)CC2)c(Cl)cc1Cl. The molecule has 2 aromatic rings. The maximum atomic E-state index is 12.6. The average molecular weight is 478 g/mol. The molecule has 1 fully saturated rings. The molecule has 158 valence electrons. The number of halogens is 2. The molecule has 2 heterocycles. The second kappa shape index (κ2) is 8.87. The van der Waals surface area contributed by atoms with Crippen LogP contribution in [0.4, 0.5) is 0 Å². The first-order chi connectivity index (χ1) is 13.6. The molecule has 0 radical (unpaired) electrons. The molecule has 1 aromatic carbocycles. The number of aryl methyl sites for hydroxylation is 1. The first-order valence-electron chi connectivity index (χ1n) is 8.97. The molecular weight excluding hydrogens is 457 g/mol. The fraction of sp³-hybridized carbons (Fsp3) is 0.389. The maximum absolute atomic E-state index is 12.6. The van der Waals surface area contributed by atoms with E-state index in [9.17, 15) is 16.8 Å². The van der Waals surface area contributed by atoms with Gasteiger partial charge in [0.15, 0.2) is 0 Å². The topological polar surface area (TPSA) is 96.4 Å². The Labute approximate surface area is 181 Å². The Hall–Kier alpha value is -1.23. The first kappa shape index (κ1) is 22.5. The lowest BCUT2D eigenvalue weighted by atomic mass is 9.99. The van der Waals surface area contributed by atoms with Crippen molar-refractivity contribution in [2.75, 3.05) is 19.6 Å². The fourth-order valence-electron chi connectivity index (χ4n) is 3.14. The molecule has 0 saturated carbocycles. The maximum Gasteiger partial charge on any atom is 0.244 e. The van der Waals surface area contributed by atoms with Gasteiger partial charge in [0.2, 0.25) is 20.0 Å². The molecule has 0 aliphatic carbocycles. The summed E-state index contributed by atoms with van der Waals surface area (Å²) in [6.45, 7) is 2.56. The minimum Gasteiger partial charge on any atom is -0.263 e. The smallest absolute Gasteiger partial charge is 0.244 e. The van der Waals surface area contributed by atoms with Crippen molar-refractivity contribution in [1.82, 2.24) is 14.0 Å². The van der Waals surface area contributed by atoms with Crippen LogP contribution in [0.15, 0.2) is 46.5 Å². The number of benzene rings is 1. The van der Waals surface area contributed by atoms with Crippen LogP contribution in [-0.4, -0.2) is 45.8 Å². The number of piperidine rings is 1. The summed E-state index contributed by atoms with van der Waals surface area (Å²) in [5.74, 6) is 0.0253. The molecule has 1 aliphatic heterocycles. The Kier molecular flexibility index (Phi) is 6.87. The zero-order valence-corrected chi connectivity index (χ0v) is 18.8. The van der Waals surface area contributed by atoms with E-state index in [0.29, 0.717) is 36.5 Å². The largest absolute Gasteiger partial charge is 0.263 e. The average Bonchev–Trinajstić information content (AvgIpc) is 2.70. The molecule has 3 rings (SSSR count). The molecule has 11 heteroatoms. The summed E-state index contributed by atoms with van der Waals surface area (Å²) >= 11 is 12.0. The van der Waals surface area contributed by atoms with Crippen LogP contribution in [0.2, 0.25) is 10.0 Å². The Morgan fingerprint density at radius 3 is 2.45 bits per heavy atom. The molecular formula is C18H21Cl2N3O4S2. The van der Waals surface area contributed by atoms with Crippen molar-refractivity contribution in [2.24, 2.45) is 5.92 Å².